The van der Waals surface area contributed by atoms with Gasteiger partial charge in [-0.1, -0.05) is 31.5 Å². The van der Waals surface area contributed by atoms with E-state index < -0.39 is 0 Å². The molecule has 18 heavy (non-hydrogen) atoms. The SMILES string of the molecule is CC(C)c1c(Cl)ncnc1Nc1cccc(I)c1. The highest BCUT2D eigenvalue weighted by Gasteiger charge is 2.13. The van der Waals surface area contributed by atoms with E-state index in [2.05, 4.69) is 57.8 Å². The standard InChI is InChI=1S/C13H13ClIN3/c1-8(2)11-12(14)16-7-17-13(11)18-10-5-3-4-9(15)6-10/h3-8H,1-2H3,(H,16,17,18). The Morgan fingerprint density at radius 2 is 2.06 bits per heavy atom. The van der Waals surface area contributed by atoms with Gasteiger partial charge in [0, 0.05) is 14.8 Å². The summed E-state index contributed by atoms with van der Waals surface area (Å²) in [7, 11) is 0. The second kappa shape index (κ2) is 5.84. The van der Waals surface area contributed by atoms with Crippen LogP contribution in [0.4, 0.5) is 11.5 Å². The van der Waals surface area contributed by atoms with E-state index >= 15 is 0 Å². The third-order valence-corrected chi connectivity index (χ3v) is 3.47. The number of hydrogen-bond donors (Lipinski definition) is 1. The molecule has 0 spiro atoms. The van der Waals surface area contributed by atoms with Gasteiger partial charge in [0.2, 0.25) is 0 Å². The smallest absolute Gasteiger partial charge is 0.138 e. The maximum atomic E-state index is 6.13. The molecule has 2 rings (SSSR count). The van der Waals surface area contributed by atoms with Crippen LogP contribution >= 0.6 is 34.2 Å². The molecular weight excluding hydrogens is 361 g/mol. The number of nitrogens with one attached hydrogen (secondary N) is 1. The third kappa shape index (κ3) is 3.11. The minimum absolute atomic E-state index is 0.268. The second-order valence-electron chi connectivity index (χ2n) is 4.22. The van der Waals surface area contributed by atoms with Gasteiger partial charge in [-0.25, -0.2) is 9.97 Å². The number of nitrogens with zero attached hydrogens (tertiary/aromatic N) is 2. The van der Waals surface area contributed by atoms with Crippen molar-refractivity contribution >= 4 is 45.7 Å². The molecule has 5 heteroatoms. The number of anilines is 2. The zero-order chi connectivity index (χ0) is 13.1. The first-order valence-corrected chi connectivity index (χ1v) is 7.06. The van der Waals surface area contributed by atoms with Crippen molar-refractivity contribution in [2.75, 3.05) is 5.32 Å². The fourth-order valence-electron chi connectivity index (χ4n) is 1.69. The first-order chi connectivity index (χ1) is 8.58. The van der Waals surface area contributed by atoms with Crippen molar-refractivity contribution in [2.45, 2.75) is 19.8 Å². The Labute approximate surface area is 125 Å². The van der Waals surface area contributed by atoms with Crippen LogP contribution in [0.2, 0.25) is 5.15 Å². The summed E-state index contributed by atoms with van der Waals surface area (Å²) < 4.78 is 1.17. The lowest BCUT2D eigenvalue weighted by Crippen LogP contribution is -2.03. The molecule has 0 saturated carbocycles. The molecule has 0 atom stereocenters. The molecule has 0 saturated heterocycles. The predicted octanol–water partition coefficient (Wildman–Crippen LogP) is 4.60. The van der Waals surface area contributed by atoms with Gasteiger partial charge in [0.05, 0.1) is 0 Å². The van der Waals surface area contributed by atoms with Gasteiger partial charge in [-0.05, 0) is 46.7 Å². The van der Waals surface area contributed by atoms with E-state index in [0.29, 0.717) is 5.15 Å². The van der Waals surface area contributed by atoms with Crippen LogP contribution in [0.1, 0.15) is 25.3 Å². The molecule has 2 aromatic rings. The predicted molar refractivity (Wildman–Crippen MR) is 83.6 cm³/mol. The van der Waals surface area contributed by atoms with E-state index in [0.717, 1.165) is 17.1 Å². The Balaban J connectivity index is 2.37. The van der Waals surface area contributed by atoms with Gasteiger partial charge < -0.3 is 5.32 Å². The van der Waals surface area contributed by atoms with Crippen LogP contribution in [-0.2, 0) is 0 Å². The highest BCUT2D eigenvalue weighted by molar-refractivity contribution is 14.1. The van der Waals surface area contributed by atoms with E-state index in [1.165, 1.54) is 9.90 Å². The average Bonchev–Trinajstić information content (AvgIpc) is 2.28. The van der Waals surface area contributed by atoms with Gasteiger partial charge in [-0.2, -0.15) is 0 Å². The Kier molecular flexibility index (Phi) is 4.40. The van der Waals surface area contributed by atoms with Gasteiger partial charge in [0.1, 0.15) is 17.3 Å². The molecule has 3 nitrogen and oxygen atoms in total. The van der Waals surface area contributed by atoms with Crippen LogP contribution in [0.3, 0.4) is 0 Å². The van der Waals surface area contributed by atoms with Gasteiger partial charge in [-0.3, -0.25) is 0 Å². The molecular formula is C13H13ClIN3. The maximum Gasteiger partial charge on any atom is 0.138 e. The highest BCUT2D eigenvalue weighted by atomic mass is 127. The fourth-order valence-corrected chi connectivity index (χ4v) is 2.58. The molecule has 0 unspecified atom stereocenters. The molecule has 0 aliphatic heterocycles. The molecule has 0 aliphatic carbocycles. The van der Waals surface area contributed by atoms with Crippen molar-refractivity contribution in [3.8, 4) is 0 Å². The molecule has 1 aromatic heterocycles. The van der Waals surface area contributed by atoms with Crippen LogP contribution < -0.4 is 5.32 Å². The number of rotatable bonds is 3. The van der Waals surface area contributed by atoms with Crippen molar-refractivity contribution in [3.63, 3.8) is 0 Å². The average molecular weight is 374 g/mol. The summed E-state index contributed by atoms with van der Waals surface area (Å²) in [4.78, 5) is 8.31. The Hall–Kier alpha value is -0.880. The summed E-state index contributed by atoms with van der Waals surface area (Å²) in [6.45, 7) is 4.15. The van der Waals surface area contributed by atoms with Crippen molar-refractivity contribution < 1.29 is 0 Å². The first kappa shape index (κ1) is 13.5. The van der Waals surface area contributed by atoms with E-state index in [1.54, 1.807) is 0 Å². The van der Waals surface area contributed by atoms with Gasteiger partial charge in [0.25, 0.3) is 0 Å². The van der Waals surface area contributed by atoms with Gasteiger partial charge >= 0.3 is 0 Å². The molecule has 0 bridgehead atoms. The van der Waals surface area contributed by atoms with Crippen molar-refractivity contribution in [1.29, 1.82) is 0 Å². The van der Waals surface area contributed by atoms with Gasteiger partial charge in [-0.15, -0.1) is 0 Å². The van der Waals surface area contributed by atoms with Crippen LogP contribution in [0.25, 0.3) is 0 Å². The normalized spacial score (nSPS) is 10.7. The van der Waals surface area contributed by atoms with E-state index in [-0.39, 0.29) is 5.92 Å². The zero-order valence-electron chi connectivity index (χ0n) is 10.1. The molecule has 0 amide bonds. The number of hydrogen-bond acceptors (Lipinski definition) is 3. The van der Waals surface area contributed by atoms with E-state index in [4.69, 9.17) is 11.6 Å². The highest BCUT2D eigenvalue weighted by Crippen LogP contribution is 2.30. The summed E-state index contributed by atoms with van der Waals surface area (Å²) >= 11 is 8.41. The van der Waals surface area contributed by atoms with Crippen LogP contribution in [0.15, 0.2) is 30.6 Å². The Morgan fingerprint density at radius 3 is 2.72 bits per heavy atom. The largest absolute Gasteiger partial charge is 0.340 e. The quantitative estimate of drug-likeness (QED) is 0.631. The molecule has 1 N–H and O–H groups in total. The minimum Gasteiger partial charge on any atom is -0.340 e. The van der Waals surface area contributed by atoms with Crippen LogP contribution in [-0.4, -0.2) is 9.97 Å². The Morgan fingerprint density at radius 1 is 1.28 bits per heavy atom. The molecule has 0 radical (unpaired) electrons. The lowest BCUT2D eigenvalue weighted by molar-refractivity contribution is 0.850. The Bertz CT molecular complexity index is 558. The number of halogens is 2. The number of aromatic nitrogens is 2. The van der Waals surface area contributed by atoms with E-state index in [1.807, 2.05) is 18.2 Å². The summed E-state index contributed by atoms with van der Waals surface area (Å²) in [5.41, 5.74) is 1.94. The van der Waals surface area contributed by atoms with Crippen molar-refractivity contribution in [2.24, 2.45) is 0 Å². The third-order valence-electron chi connectivity index (χ3n) is 2.50. The second-order valence-corrected chi connectivity index (χ2v) is 5.82. The minimum atomic E-state index is 0.268. The number of benzene rings is 1. The summed E-state index contributed by atoms with van der Waals surface area (Å²) in [5.74, 6) is 1.04. The first-order valence-electron chi connectivity index (χ1n) is 5.61. The summed E-state index contributed by atoms with van der Waals surface area (Å²) in [6, 6.07) is 8.10. The molecule has 0 aliphatic rings. The molecule has 94 valence electrons. The van der Waals surface area contributed by atoms with Crippen molar-refractivity contribution in [3.05, 3.63) is 44.9 Å². The molecule has 1 heterocycles. The zero-order valence-corrected chi connectivity index (χ0v) is 13.0. The fraction of sp³-hybridized carbons (Fsp3) is 0.231. The van der Waals surface area contributed by atoms with Crippen LogP contribution in [0.5, 0.6) is 0 Å². The molecule has 0 fully saturated rings. The van der Waals surface area contributed by atoms with Gasteiger partial charge in [0.15, 0.2) is 0 Å². The summed E-state index contributed by atoms with van der Waals surface area (Å²) in [5, 5.41) is 3.80. The monoisotopic (exact) mass is 373 g/mol. The summed E-state index contributed by atoms with van der Waals surface area (Å²) in [6.07, 6.45) is 1.48. The van der Waals surface area contributed by atoms with Crippen molar-refractivity contribution in [1.82, 2.24) is 9.97 Å². The topological polar surface area (TPSA) is 37.8 Å². The van der Waals surface area contributed by atoms with Crippen LogP contribution in [0, 0.1) is 3.57 Å². The lowest BCUT2D eigenvalue weighted by Gasteiger charge is -2.14. The lowest BCUT2D eigenvalue weighted by atomic mass is 10.1. The maximum absolute atomic E-state index is 6.13. The van der Waals surface area contributed by atoms with E-state index in [9.17, 15) is 0 Å². The molecule has 1 aromatic carbocycles.